The Morgan fingerprint density at radius 1 is 1.00 bits per heavy atom. The number of anilines is 2. The molecule has 3 aromatic carbocycles. The van der Waals surface area contributed by atoms with Crippen LogP contribution in [-0.2, 0) is 36.4 Å². The number of nitrogen functional groups attached to an aromatic ring is 1. The van der Waals surface area contributed by atoms with Crippen LogP contribution in [0.15, 0.2) is 86.0 Å². The number of phosphoric ester groups is 1. The molecule has 1 aliphatic heterocycles. The predicted molar refractivity (Wildman–Crippen MR) is 243 cm³/mol. The first-order valence-corrected chi connectivity index (χ1v) is 24.8. The number of aryl methyl sites for hydroxylation is 2. The zero-order chi connectivity index (χ0) is 49.8. The molecule has 364 valence electrons. The number of methoxy groups -OCH3 is 1. The van der Waals surface area contributed by atoms with E-state index in [9.17, 15) is 43.2 Å². The highest BCUT2D eigenvalue weighted by Crippen LogP contribution is 2.66. The Balaban J connectivity index is 1.08. The average Bonchev–Trinajstić information content (AvgIpc) is 3.73. The van der Waals surface area contributed by atoms with Crippen molar-refractivity contribution < 1.29 is 65.6 Å². The summed E-state index contributed by atoms with van der Waals surface area (Å²) in [5, 5.41) is 31.3. The summed E-state index contributed by atoms with van der Waals surface area (Å²) in [5.74, 6) is 5.47. The van der Waals surface area contributed by atoms with Crippen molar-refractivity contribution in [1.82, 2.24) is 14.9 Å². The number of nitro benzene ring substituents is 1. The topological polar surface area (TPSA) is 364 Å². The van der Waals surface area contributed by atoms with Gasteiger partial charge in [-0.3, -0.25) is 24.0 Å². The van der Waals surface area contributed by atoms with Gasteiger partial charge >= 0.3 is 29.2 Å². The molecular formula is C39H47N10O16P3. The van der Waals surface area contributed by atoms with E-state index in [1.165, 1.54) is 25.4 Å². The average molecular weight is 1000 g/mol. The number of hydrogen-bond donors (Lipinski definition) is 6. The number of rotatable bonds is 21. The molecule has 68 heavy (non-hydrogen) atoms. The number of carbonyl (C=O) groups excluding carboxylic acids is 1. The number of amides is 1. The Labute approximate surface area is 387 Å². The molecule has 0 aliphatic carbocycles. The molecule has 4 aromatic rings. The van der Waals surface area contributed by atoms with Gasteiger partial charge in [-0.2, -0.15) is 18.7 Å². The van der Waals surface area contributed by atoms with Crippen LogP contribution in [0, 0.1) is 35.8 Å². The molecule has 1 saturated heterocycles. The molecule has 0 saturated carbocycles. The van der Waals surface area contributed by atoms with Crippen molar-refractivity contribution in [2.45, 2.75) is 58.8 Å². The summed E-state index contributed by atoms with van der Waals surface area (Å²) in [7, 11) is -15.2. The summed E-state index contributed by atoms with van der Waals surface area (Å²) >= 11 is 0. The van der Waals surface area contributed by atoms with Gasteiger partial charge in [-0.25, -0.2) is 18.5 Å². The molecule has 2 heterocycles. The summed E-state index contributed by atoms with van der Waals surface area (Å²) in [6.07, 6.45) is 0.488. The summed E-state index contributed by atoms with van der Waals surface area (Å²) < 4.78 is 58.7. The lowest BCUT2D eigenvalue weighted by Gasteiger charge is -2.23. The molecule has 2 unspecified atom stereocenters. The molecule has 1 amide bonds. The Morgan fingerprint density at radius 2 is 1.71 bits per heavy atom. The number of phosphoric acid groups is 3. The molecule has 0 spiro atoms. The van der Waals surface area contributed by atoms with Crippen molar-refractivity contribution in [1.29, 1.82) is 0 Å². The van der Waals surface area contributed by atoms with Crippen molar-refractivity contribution in [3.05, 3.63) is 98.1 Å². The molecule has 7 N–H and O–H groups in total. The van der Waals surface area contributed by atoms with E-state index in [1.54, 1.807) is 44.2 Å². The summed E-state index contributed by atoms with van der Waals surface area (Å²) in [4.78, 5) is 78.5. The molecule has 29 heteroatoms. The first-order valence-electron chi connectivity index (χ1n) is 20.3. The number of azo groups is 2. The molecule has 26 nitrogen and oxygen atoms in total. The fraction of sp³-hybridized carbons (Fsp3) is 0.359. The van der Waals surface area contributed by atoms with E-state index in [2.05, 4.69) is 60.6 Å². The van der Waals surface area contributed by atoms with Crippen LogP contribution in [0.25, 0.3) is 0 Å². The fourth-order valence-corrected chi connectivity index (χ4v) is 9.42. The van der Waals surface area contributed by atoms with Gasteiger partial charge in [-0.1, -0.05) is 17.9 Å². The highest BCUT2D eigenvalue weighted by Gasteiger charge is 2.41. The predicted octanol–water partition coefficient (Wildman–Crippen LogP) is 6.99. The van der Waals surface area contributed by atoms with Crippen LogP contribution in [-0.4, -0.2) is 79.4 Å². The third-order valence-electron chi connectivity index (χ3n) is 9.61. The van der Waals surface area contributed by atoms with E-state index in [4.69, 9.17) is 25.0 Å². The monoisotopic (exact) mass is 1000 g/mol. The van der Waals surface area contributed by atoms with Crippen LogP contribution in [0.5, 0.6) is 5.75 Å². The Morgan fingerprint density at radius 3 is 2.38 bits per heavy atom. The Hall–Kier alpha value is -6.06. The number of hydrogen-bond acceptors (Lipinski definition) is 19. The van der Waals surface area contributed by atoms with Gasteiger partial charge in [0.15, 0.2) is 5.69 Å². The first-order chi connectivity index (χ1) is 32.0. The van der Waals surface area contributed by atoms with Gasteiger partial charge in [0, 0.05) is 43.5 Å². The van der Waals surface area contributed by atoms with Gasteiger partial charge in [0.25, 0.3) is 5.69 Å². The highest BCUT2D eigenvalue weighted by molar-refractivity contribution is 7.66. The third-order valence-corrected chi connectivity index (χ3v) is 13.4. The maximum Gasteiger partial charge on any atom is 0.490 e. The molecule has 4 atom stereocenters. The fourth-order valence-electron chi connectivity index (χ4n) is 6.37. The first kappa shape index (κ1) is 52.9. The molecule has 1 aromatic heterocycles. The lowest BCUT2D eigenvalue weighted by atomic mass is 10.1. The van der Waals surface area contributed by atoms with E-state index in [0.717, 1.165) is 15.8 Å². The van der Waals surface area contributed by atoms with Crippen molar-refractivity contribution >= 4 is 69.3 Å². The second-order valence-electron chi connectivity index (χ2n) is 14.6. The summed E-state index contributed by atoms with van der Waals surface area (Å²) in [6, 6.07) is 15.4. The minimum absolute atomic E-state index is 0.0466. The van der Waals surface area contributed by atoms with Crippen LogP contribution in [0.2, 0.25) is 0 Å². The van der Waals surface area contributed by atoms with Crippen LogP contribution in [0.3, 0.4) is 0 Å². The molecule has 1 aliphatic rings. The van der Waals surface area contributed by atoms with Crippen LogP contribution in [0.4, 0.5) is 39.9 Å². The second-order valence-corrected chi connectivity index (χ2v) is 19.1. The molecular weight excluding hydrogens is 957 g/mol. The van der Waals surface area contributed by atoms with Crippen molar-refractivity contribution in [3.63, 3.8) is 0 Å². The van der Waals surface area contributed by atoms with Crippen molar-refractivity contribution in [3.8, 4) is 17.6 Å². The smallest absolute Gasteiger partial charge is 0.490 e. The number of nitro groups is 1. The lowest BCUT2D eigenvalue weighted by Crippen LogP contribution is -2.29. The van der Waals surface area contributed by atoms with Gasteiger partial charge in [0.05, 0.1) is 48.2 Å². The highest BCUT2D eigenvalue weighted by atomic mass is 31.3. The molecule has 0 bridgehead atoms. The van der Waals surface area contributed by atoms with E-state index in [1.807, 2.05) is 19.1 Å². The van der Waals surface area contributed by atoms with Crippen molar-refractivity contribution in [2.75, 3.05) is 44.0 Å². The van der Waals surface area contributed by atoms with E-state index >= 15 is 0 Å². The zero-order valence-corrected chi connectivity index (χ0v) is 39.5. The maximum atomic E-state index is 12.6. The van der Waals surface area contributed by atoms with Gasteiger partial charge in [-0.05, 0) is 87.6 Å². The Kier molecular flexibility index (Phi) is 18.1. The Bertz CT molecular complexity index is 2830. The SMILES string of the molecule is CCN(CCCC(=O)NCC#Cc1cn([C@H]2CC[C@@H](COP(=O)(O)OP(=O)(O)OP(=O)(O)O)O2)c(=O)nc1N)c1ccc(N=Nc2cc(C)c(N=Nc3ccc(C)cc3[N+](=O)[O-])cc2OC)cc1. The largest absolute Gasteiger partial charge is 0.494 e. The molecule has 0 radical (unpaired) electrons. The van der Waals surface area contributed by atoms with Gasteiger partial charge in [-0.15, -0.1) is 15.3 Å². The van der Waals surface area contributed by atoms with Gasteiger partial charge < -0.3 is 45.0 Å². The summed E-state index contributed by atoms with van der Waals surface area (Å²) in [6.45, 7) is 6.03. The molecule has 1 fully saturated rings. The number of benzene rings is 3. The standard InChI is InChI=1S/C39H47N10O16P3/c1-5-47(29-13-11-28(12-14-29)43-46-33-21-26(3)32(22-35(33)61-4)45-44-31-16-10-25(2)20-34(31)49(52)53)19-7-9-36(50)41-18-6-8-27-23-48(39(51)42-38(27)40)37-17-15-30(63-37)24-62-67(57,58)65-68(59,60)64-66(54,55)56/h10-14,16,20-23,30,37H,5,7,9,15,17-19,24H2,1-4H3,(H,41,50)(H,57,58)(H,59,60)(H2,40,42,51)(H2,54,55,56)/t30-,37+/m0/s1. The van der Waals surface area contributed by atoms with Crippen LogP contribution >= 0.6 is 23.5 Å². The van der Waals surface area contributed by atoms with Crippen LogP contribution in [0.1, 0.15) is 55.5 Å². The zero-order valence-electron chi connectivity index (χ0n) is 36.8. The van der Waals surface area contributed by atoms with E-state index < -0.39 is 53.0 Å². The summed E-state index contributed by atoms with van der Waals surface area (Å²) in [5.41, 5.74) is 9.01. The van der Waals surface area contributed by atoms with Crippen LogP contribution < -0.4 is 26.4 Å². The van der Waals surface area contributed by atoms with Gasteiger partial charge in [0.1, 0.15) is 23.5 Å². The minimum atomic E-state index is -5.70. The van der Waals surface area contributed by atoms with Crippen molar-refractivity contribution in [2.24, 2.45) is 20.5 Å². The quantitative estimate of drug-likeness (QED) is 0.0161. The van der Waals surface area contributed by atoms with Gasteiger partial charge in [0.2, 0.25) is 5.91 Å². The molecule has 5 rings (SSSR count). The number of nitrogens with zero attached hydrogens (tertiary/aromatic N) is 8. The number of nitrogens with one attached hydrogen (secondary N) is 1. The maximum absolute atomic E-state index is 12.6. The second kappa shape index (κ2) is 23.3. The number of ether oxygens (including phenoxy) is 2. The van der Waals surface area contributed by atoms with E-state index in [0.29, 0.717) is 47.9 Å². The minimum Gasteiger partial charge on any atom is -0.494 e. The lowest BCUT2D eigenvalue weighted by molar-refractivity contribution is -0.384. The van der Waals surface area contributed by atoms with E-state index in [-0.39, 0.29) is 54.5 Å². The number of aromatic nitrogens is 2. The number of carbonyl (C=O) groups is 1. The third kappa shape index (κ3) is 15.8. The normalized spacial score (nSPS) is 16.8. The number of nitrogens with two attached hydrogens (primary N) is 1.